The van der Waals surface area contributed by atoms with Crippen LogP contribution in [0.1, 0.15) is 34.7 Å². The first-order valence-corrected chi connectivity index (χ1v) is 12.5. The summed E-state index contributed by atoms with van der Waals surface area (Å²) in [6.07, 6.45) is 4.80. The van der Waals surface area contributed by atoms with Crippen LogP contribution >= 0.6 is 0 Å². The Morgan fingerprint density at radius 1 is 0.947 bits per heavy atom. The number of ether oxygens (including phenoxy) is 4. The Hall–Kier alpha value is -4.20. The van der Waals surface area contributed by atoms with Crippen LogP contribution in [0.3, 0.4) is 0 Å². The van der Waals surface area contributed by atoms with Crippen molar-refractivity contribution in [2.45, 2.75) is 25.7 Å². The third-order valence-corrected chi connectivity index (χ3v) is 6.88. The van der Waals surface area contributed by atoms with Crippen LogP contribution in [-0.2, 0) is 11.2 Å². The Kier molecular flexibility index (Phi) is 8.41. The van der Waals surface area contributed by atoms with E-state index in [1.807, 2.05) is 74.9 Å². The molecule has 2 aromatic carbocycles. The van der Waals surface area contributed by atoms with E-state index >= 15 is 0 Å². The summed E-state index contributed by atoms with van der Waals surface area (Å²) in [6.45, 7) is 2.59. The molecule has 0 aliphatic carbocycles. The highest BCUT2D eigenvalue weighted by Crippen LogP contribution is 2.35. The Morgan fingerprint density at radius 3 is 2.32 bits per heavy atom. The van der Waals surface area contributed by atoms with Gasteiger partial charge in [-0.3, -0.25) is 4.79 Å². The maximum absolute atomic E-state index is 13.6. The summed E-state index contributed by atoms with van der Waals surface area (Å²) < 4.78 is 23.9. The lowest BCUT2D eigenvalue weighted by Crippen LogP contribution is -2.30. The van der Waals surface area contributed by atoms with Gasteiger partial charge in [-0.05, 0) is 60.4 Å². The Morgan fingerprint density at radius 2 is 1.66 bits per heavy atom. The molecule has 1 unspecified atom stereocenters. The van der Waals surface area contributed by atoms with Gasteiger partial charge in [0, 0.05) is 44.4 Å². The molecule has 0 bridgehead atoms. The quantitative estimate of drug-likeness (QED) is 0.282. The summed E-state index contributed by atoms with van der Waals surface area (Å²) in [5, 5.41) is 0. The first kappa shape index (κ1) is 26.9. The van der Waals surface area contributed by atoms with Crippen LogP contribution in [0, 0.1) is 6.92 Å². The Labute approximate surface area is 223 Å². The van der Waals surface area contributed by atoms with Gasteiger partial charge in [0.05, 0.1) is 34.1 Å². The molecule has 0 radical (unpaired) electrons. The number of likely N-dealkylation sites (N-methyl/N-ethyl adjacent to an activating group) is 1. The van der Waals surface area contributed by atoms with Crippen LogP contribution in [0.4, 0.5) is 0 Å². The molecule has 1 amide bonds. The van der Waals surface area contributed by atoms with Crippen molar-refractivity contribution in [1.29, 1.82) is 0 Å². The molecule has 0 saturated carbocycles. The molecule has 0 spiro atoms. The maximum Gasteiger partial charge on any atom is 0.223 e. The molecule has 4 aromatic rings. The molecule has 2 heterocycles. The number of nitrogens with zero attached hydrogens (tertiary/aromatic N) is 3. The van der Waals surface area contributed by atoms with E-state index in [1.165, 1.54) is 0 Å². The minimum atomic E-state index is -0.258. The van der Waals surface area contributed by atoms with Crippen LogP contribution < -0.4 is 18.9 Å². The Balaban J connectivity index is 1.61. The van der Waals surface area contributed by atoms with Crippen LogP contribution in [-0.4, -0.2) is 62.2 Å². The number of hydrogen-bond donors (Lipinski definition) is 0. The summed E-state index contributed by atoms with van der Waals surface area (Å²) >= 11 is 0. The number of methoxy groups -OCH3 is 4. The topological polar surface area (TPSA) is 74.5 Å². The second-order valence-electron chi connectivity index (χ2n) is 9.23. The van der Waals surface area contributed by atoms with Crippen molar-refractivity contribution in [3.05, 3.63) is 83.3 Å². The standard InChI is InChI=1S/C30H35N3O5/c1-20-8-7-12-33-26(19-31-30(20)33)25(22-15-23(35-3)17-24(16-22)36-4)18-29(34)32(2)13-11-21-9-10-27(37-5)28(14-21)38-6/h7-10,12,14-17,19,25H,11,13,18H2,1-6H3. The Bertz CT molecular complexity index is 1390. The number of rotatable bonds is 11. The summed E-state index contributed by atoms with van der Waals surface area (Å²) in [5.74, 6) is 2.47. The highest BCUT2D eigenvalue weighted by atomic mass is 16.5. The van der Waals surface area contributed by atoms with Crippen molar-refractivity contribution in [2.24, 2.45) is 0 Å². The average molecular weight is 518 g/mol. The summed E-state index contributed by atoms with van der Waals surface area (Å²) in [6, 6.07) is 15.6. The van der Waals surface area contributed by atoms with Crippen LogP contribution in [0.2, 0.25) is 0 Å². The van der Waals surface area contributed by atoms with Crippen LogP contribution in [0.25, 0.3) is 5.65 Å². The summed E-state index contributed by atoms with van der Waals surface area (Å²) in [4.78, 5) is 20.0. The number of hydrogen-bond acceptors (Lipinski definition) is 6. The van der Waals surface area contributed by atoms with Gasteiger partial charge in [-0.2, -0.15) is 0 Å². The largest absolute Gasteiger partial charge is 0.497 e. The number of aromatic nitrogens is 2. The van der Waals surface area contributed by atoms with Crippen molar-refractivity contribution in [3.8, 4) is 23.0 Å². The SMILES string of the molecule is COc1cc(OC)cc(C(CC(=O)N(C)CCc2ccc(OC)c(OC)c2)c2cnc3c(C)cccn23)c1. The van der Waals surface area contributed by atoms with Gasteiger partial charge in [-0.1, -0.05) is 12.1 Å². The molecule has 2 aromatic heterocycles. The van der Waals surface area contributed by atoms with E-state index in [0.29, 0.717) is 36.0 Å². The molecule has 0 saturated heterocycles. The lowest BCUT2D eigenvalue weighted by Gasteiger charge is -2.23. The fourth-order valence-corrected chi connectivity index (χ4v) is 4.64. The van der Waals surface area contributed by atoms with Gasteiger partial charge in [-0.15, -0.1) is 0 Å². The molecule has 38 heavy (non-hydrogen) atoms. The molecule has 0 fully saturated rings. The van der Waals surface area contributed by atoms with E-state index in [4.69, 9.17) is 18.9 Å². The number of imidazole rings is 1. The van der Waals surface area contributed by atoms with Crippen molar-refractivity contribution in [1.82, 2.24) is 14.3 Å². The second-order valence-corrected chi connectivity index (χ2v) is 9.23. The zero-order valence-corrected chi connectivity index (χ0v) is 22.9. The second kappa shape index (κ2) is 11.9. The molecule has 8 nitrogen and oxygen atoms in total. The van der Waals surface area contributed by atoms with Gasteiger partial charge in [0.1, 0.15) is 17.1 Å². The number of pyridine rings is 1. The molecular formula is C30H35N3O5. The predicted octanol–water partition coefficient (Wildman–Crippen LogP) is 4.90. The van der Waals surface area contributed by atoms with Gasteiger partial charge in [0.15, 0.2) is 11.5 Å². The lowest BCUT2D eigenvalue weighted by molar-refractivity contribution is -0.130. The predicted molar refractivity (Wildman–Crippen MR) is 147 cm³/mol. The van der Waals surface area contributed by atoms with E-state index in [-0.39, 0.29) is 18.2 Å². The lowest BCUT2D eigenvalue weighted by atomic mass is 9.91. The fraction of sp³-hybridized carbons (Fsp3) is 0.333. The first-order chi connectivity index (χ1) is 18.4. The molecule has 4 rings (SSSR count). The highest BCUT2D eigenvalue weighted by Gasteiger charge is 2.25. The van der Waals surface area contributed by atoms with Crippen molar-refractivity contribution < 1.29 is 23.7 Å². The monoisotopic (exact) mass is 517 g/mol. The molecule has 0 N–H and O–H groups in total. The van der Waals surface area contributed by atoms with Crippen LogP contribution in [0.5, 0.6) is 23.0 Å². The van der Waals surface area contributed by atoms with Crippen molar-refractivity contribution in [2.75, 3.05) is 42.0 Å². The maximum atomic E-state index is 13.6. The third kappa shape index (κ3) is 5.69. The molecular weight excluding hydrogens is 482 g/mol. The normalized spacial score (nSPS) is 11.7. The van der Waals surface area contributed by atoms with Crippen LogP contribution in [0.15, 0.2) is 60.9 Å². The zero-order valence-electron chi connectivity index (χ0n) is 22.9. The van der Waals surface area contributed by atoms with E-state index in [0.717, 1.165) is 28.0 Å². The average Bonchev–Trinajstić information content (AvgIpc) is 3.39. The zero-order chi connectivity index (χ0) is 27.2. The van der Waals surface area contributed by atoms with Gasteiger partial charge in [0.2, 0.25) is 5.91 Å². The molecule has 1 atom stereocenters. The first-order valence-electron chi connectivity index (χ1n) is 12.5. The van der Waals surface area contributed by atoms with E-state index < -0.39 is 0 Å². The molecule has 0 aliphatic rings. The van der Waals surface area contributed by atoms with E-state index in [1.54, 1.807) is 33.3 Å². The number of carbonyl (C=O) groups excluding carboxylic acids is 1. The van der Waals surface area contributed by atoms with Gasteiger partial charge in [0.25, 0.3) is 0 Å². The van der Waals surface area contributed by atoms with E-state index in [9.17, 15) is 4.79 Å². The van der Waals surface area contributed by atoms with Gasteiger partial charge >= 0.3 is 0 Å². The number of benzene rings is 2. The van der Waals surface area contributed by atoms with Gasteiger partial charge in [-0.25, -0.2) is 4.98 Å². The van der Waals surface area contributed by atoms with Crippen molar-refractivity contribution in [3.63, 3.8) is 0 Å². The number of aryl methyl sites for hydroxylation is 1. The molecule has 200 valence electrons. The molecule has 0 aliphatic heterocycles. The summed E-state index contributed by atoms with van der Waals surface area (Å²) in [7, 11) is 8.32. The molecule has 8 heteroatoms. The van der Waals surface area contributed by atoms with E-state index in [2.05, 4.69) is 9.38 Å². The minimum absolute atomic E-state index is 0.0277. The number of fused-ring (bicyclic) bond motifs is 1. The fourth-order valence-electron chi connectivity index (χ4n) is 4.64. The van der Waals surface area contributed by atoms with Crippen molar-refractivity contribution >= 4 is 11.6 Å². The minimum Gasteiger partial charge on any atom is -0.497 e. The van der Waals surface area contributed by atoms with Gasteiger partial charge < -0.3 is 28.2 Å². The number of carbonyl (C=O) groups is 1. The smallest absolute Gasteiger partial charge is 0.223 e. The highest BCUT2D eigenvalue weighted by molar-refractivity contribution is 5.77. The summed E-state index contributed by atoms with van der Waals surface area (Å²) in [5.41, 5.74) is 4.86. The number of amides is 1. The third-order valence-electron chi connectivity index (χ3n) is 6.88.